The lowest BCUT2D eigenvalue weighted by atomic mass is 10.1. The maximum Gasteiger partial charge on any atom is 0.309 e. The molecule has 0 unspecified atom stereocenters. The molecule has 21 heavy (non-hydrogen) atoms. The van der Waals surface area contributed by atoms with Crippen molar-refractivity contribution >= 4 is 16.9 Å². The maximum absolute atomic E-state index is 14.1. The minimum absolute atomic E-state index is 0.160. The fraction of sp³-hybridized carbons (Fsp3) is 0.333. The van der Waals surface area contributed by atoms with Gasteiger partial charge in [-0.25, -0.2) is 8.78 Å². The first-order valence-electron chi connectivity index (χ1n) is 6.68. The average molecular weight is 295 g/mol. The maximum atomic E-state index is 14.1. The second-order valence-corrected chi connectivity index (χ2v) is 4.83. The summed E-state index contributed by atoms with van der Waals surface area (Å²) in [4.78, 5) is 22.9. The largest absolute Gasteiger partial charge is 0.481 e. The summed E-state index contributed by atoms with van der Waals surface area (Å²) in [6, 6.07) is 2.93. The van der Waals surface area contributed by atoms with Crippen molar-refractivity contribution in [3.63, 3.8) is 0 Å². The smallest absolute Gasteiger partial charge is 0.309 e. The number of unbranched alkanes of at least 4 members (excludes halogenated alkanes) is 1. The molecule has 0 amide bonds. The van der Waals surface area contributed by atoms with Crippen molar-refractivity contribution in [1.29, 1.82) is 0 Å². The number of pyridine rings is 1. The number of rotatable bonds is 5. The van der Waals surface area contributed by atoms with E-state index >= 15 is 0 Å². The monoisotopic (exact) mass is 295 g/mol. The Kier molecular flexibility index (Phi) is 4.35. The van der Waals surface area contributed by atoms with E-state index in [-0.39, 0.29) is 16.6 Å². The first-order valence-corrected chi connectivity index (χ1v) is 6.68. The van der Waals surface area contributed by atoms with E-state index in [1.54, 1.807) is 0 Å². The second kappa shape index (κ2) is 6.03. The van der Waals surface area contributed by atoms with Gasteiger partial charge < -0.3 is 9.67 Å². The summed E-state index contributed by atoms with van der Waals surface area (Å²) in [6.45, 7) is 2.26. The van der Waals surface area contributed by atoms with Crippen LogP contribution in [0.5, 0.6) is 0 Å². The lowest BCUT2D eigenvalue weighted by Gasteiger charge is -2.16. The Bertz CT molecular complexity index is 753. The van der Waals surface area contributed by atoms with Gasteiger partial charge in [0.25, 0.3) is 0 Å². The van der Waals surface area contributed by atoms with Crippen molar-refractivity contribution < 1.29 is 18.7 Å². The molecule has 0 bridgehead atoms. The molecule has 1 heterocycles. The highest BCUT2D eigenvalue weighted by molar-refractivity contribution is 5.81. The molecule has 1 N–H and O–H groups in total. The van der Waals surface area contributed by atoms with Crippen molar-refractivity contribution in [3.05, 3.63) is 45.8 Å². The SMILES string of the molecule is CCCCn1c(CC(=O)O)cc(=O)c2c(F)ccc(F)c21. The zero-order valence-electron chi connectivity index (χ0n) is 11.5. The highest BCUT2D eigenvalue weighted by Gasteiger charge is 2.17. The van der Waals surface area contributed by atoms with Crippen LogP contribution in [0.3, 0.4) is 0 Å². The predicted molar refractivity (Wildman–Crippen MR) is 74.4 cm³/mol. The van der Waals surface area contributed by atoms with Crippen LogP contribution in [0.25, 0.3) is 10.9 Å². The Morgan fingerprint density at radius 3 is 2.57 bits per heavy atom. The fourth-order valence-corrected chi connectivity index (χ4v) is 2.36. The molecule has 6 heteroatoms. The normalized spacial score (nSPS) is 11.0. The first-order chi connectivity index (χ1) is 9.95. The van der Waals surface area contributed by atoms with Gasteiger partial charge in [-0.05, 0) is 18.6 Å². The number of aromatic nitrogens is 1. The van der Waals surface area contributed by atoms with E-state index in [1.165, 1.54) is 4.57 Å². The number of fused-ring (bicyclic) bond motifs is 1. The molecule has 2 aromatic rings. The quantitative estimate of drug-likeness (QED) is 0.922. The number of carbonyl (C=O) groups is 1. The Hall–Kier alpha value is -2.24. The number of aryl methyl sites for hydroxylation is 1. The Morgan fingerprint density at radius 2 is 1.95 bits per heavy atom. The third-order valence-electron chi connectivity index (χ3n) is 3.31. The van der Waals surface area contributed by atoms with Crippen molar-refractivity contribution in [2.75, 3.05) is 0 Å². The zero-order chi connectivity index (χ0) is 15.6. The van der Waals surface area contributed by atoms with Crippen LogP contribution in [0, 0.1) is 11.6 Å². The van der Waals surface area contributed by atoms with Crippen LogP contribution in [-0.4, -0.2) is 15.6 Å². The molecule has 0 aliphatic carbocycles. The van der Waals surface area contributed by atoms with Gasteiger partial charge in [0.1, 0.15) is 11.6 Å². The summed E-state index contributed by atoms with van der Waals surface area (Å²) in [6.07, 6.45) is 1.06. The summed E-state index contributed by atoms with van der Waals surface area (Å²) >= 11 is 0. The van der Waals surface area contributed by atoms with Gasteiger partial charge >= 0.3 is 5.97 Å². The molecule has 0 aliphatic rings. The van der Waals surface area contributed by atoms with Gasteiger partial charge in [-0.1, -0.05) is 13.3 Å². The van der Waals surface area contributed by atoms with E-state index in [2.05, 4.69) is 0 Å². The fourth-order valence-electron chi connectivity index (χ4n) is 2.36. The van der Waals surface area contributed by atoms with E-state index < -0.39 is 29.5 Å². The lowest BCUT2D eigenvalue weighted by molar-refractivity contribution is -0.136. The summed E-state index contributed by atoms with van der Waals surface area (Å²) in [5.74, 6) is -2.66. The number of carboxylic acid groups (broad SMARTS) is 1. The first kappa shape index (κ1) is 15.2. The van der Waals surface area contributed by atoms with Gasteiger partial charge in [0, 0.05) is 18.3 Å². The Labute approximate surface area is 119 Å². The molecule has 0 atom stereocenters. The van der Waals surface area contributed by atoms with Gasteiger partial charge in [0.2, 0.25) is 0 Å². The number of halogens is 2. The molecule has 112 valence electrons. The summed E-state index contributed by atoms with van der Waals surface area (Å²) < 4.78 is 29.3. The molecule has 2 rings (SSSR count). The number of carboxylic acids is 1. The van der Waals surface area contributed by atoms with Crippen LogP contribution in [0.15, 0.2) is 23.0 Å². The molecular weight excluding hydrogens is 280 g/mol. The van der Waals surface area contributed by atoms with Crippen LogP contribution in [0.1, 0.15) is 25.5 Å². The molecule has 1 aromatic carbocycles. The van der Waals surface area contributed by atoms with Crippen LogP contribution in [0.4, 0.5) is 8.78 Å². The molecule has 0 spiro atoms. The van der Waals surface area contributed by atoms with E-state index in [9.17, 15) is 18.4 Å². The van der Waals surface area contributed by atoms with Crippen LogP contribution < -0.4 is 5.43 Å². The van der Waals surface area contributed by atoms with Crippen LogP contribution in [0.2, 0.25) is 0 Å². The van der Waals surface area contributed by atoms with E-state index in [1.807, 2.05) is 6.92 Å². The molecule has 0 radical (unpaired) electrons. The predicted octanol–water partition coefficient (Wildman–Crippen LogP) is 2.71. The van der Waals surface area contributed by atoms with E-state index in [0.29, 0.717) is 13.0 Å². The summed E-state index contributed by atoms with van der Waals surface area (Å²) in [5.41, 5.74) is -0.684. The number of aliphatic carboxylic acids is 1. The third kappa shape index (κ3) is 2.94. The van der Waals surface area contributed by atoms with Gasteiger partial charge in [-0.3, -0.25) is 9.59 Å². The van der Waals surface area contributed by atoms with E-state index in [4.69, 9.17) is 5.11 Å². The molecule has 4 nitrogen and oxygen atoms in total. The highest BCUT2D eigenvalue weighted by atomic mass is 19.1. The number of nitrogens with zero attached hydrogens (tertiary/aromatic N) is 1. The van der Waals surface area contributed by atoms with Gasteiger partial charge in [0.15, 0.2) is 5.43 Å². The summed E-state index contributed by atoms with van der Waals surface area (Å²) in [7, 11) is 0. The number of benzene rings is 1. The summed E-state index contributed by atoms with van der Waals surface area (Å²) in [5, 5.41) is 8.59. The lowest BCUT2D eigenvalue weighted by Crippen LogP contribution is -2.19. The average Bonchev–Trinajstić information content (AvgIpc) is 2.41. The van der Waals surface area contributed by atoms with Crippen molar-refractivity contribution in [2.45, 2.75) is 32.7 Å². The number of hydrogen-bond donors (Lipinski definition) is 1. The van der Waals surface area contributed by atoms with Gasteiger partial charge in [0.05, 0.1) is 17.3 Å². The van der Waals surface area contributed by atoms with Gasteiger partial charge in [-0.2, -0.15) is 0 Å². The molecular formula is C15H15F2NO3. The highest BCUT2D eigenvalue weighted by Crippen LogP contribution is 2.21. The number of hydrogen-bond acceptors (Lipinski definition) is 2. The van der Waals surface area contributed by atoms with Gasteiger partial charge in [-0.15, -0.1) is 0 Å². The zero-order valence-corrected chi connectivity index (χ0v) is 11.5. The molecule has 0 aliphatic heterocycles. The Morgan fingerprint density at radius 1 is 1.29 bits per heavy atom. The van der Waals surface area contributed by atoms with Crippen molar-refractivity contribution in [2.24, 2.45) is 0 Å². The standard InChI is InChI=1S/C15H15F2NO3/c1-2-3-6-18-9(8-13(20)21)7-12(19)14-10(16)4-5-11(17)15(14)18/h4-5,7H,2-3,6,8H2,1H3,(H,20,21). The Balaban J connectivity index is 2.82. The van der Waals surface area contributed by atoms with Crippen molar-refractivity contribution in [3.8, 4) is 0 Å². The van der Waals surface area contributed by atoms with E-state index in [0.717, 1.165) is 24.6 Å². The minimum atomic E-state index is -1.13. The molecule has 1 aromatic heterocycles. The van der Waals surface area contributed by atoms with Crippen LogP contribution >= 0.6 is 0 Å². The topological polar surface area (TPSA) is 59.3 Å². The third-order valence-corrected chi connectivity index (χ3v) is 3.31. The minimum Gasteiger partial charge on any atom is -0.481 e. The second-order valence-electron chi connectivity index (χ2n) is 4.83. The molecule has 0 saturated carbocycles. The molecule has 0 saturated heterocycles. The van der Waals surface area contributed by atoms with Crippen molar-refractivity contribution in [1.82, 2.24) is 4.57 Å². The molecule has 0 fully saturated rings. The van der Waals surface area contributed by atoms with Crippen LogP contribution in [-0.2, 0) is 17.8 Å².